The summed E-state index contributed by atoms with van der Waals surface area (Å²) in [5.41, 5.74) is 0.599. The molecule has 2 aliphatic rings. The third kappa shape index (κ3) is 19.2. The molecule has 14 heteroatoms. The molecule has 3 amide bonds. The van der Waals surface area contributed by atoms with Crippen LogP contribution in [0.15, 0.2) is 24.3 Å². The fourth-order valence-electron chi connectivity index (χ4n) is 7.05. The maximum Gasteiger partial charge on any atom is 1.00 e. The van der Waals surface area contributed by atoms with Gasteiger partial charge in [-0.25, -0.2) is 0 Å². The number of benzene rings is 1. The summed E-state index contributed by atoms with van der Waals surface area (Å²) < 4.78 is 0. The quantitative estimate of drug-likeness (QED) is 0.128. The molecule has 0 bridgehead atoms. The molecule has 0 aliphatic carbocycles. The number of aromatic hydroxyl groups is 1. The fourth-order valence-corrected chi connectivity index (χ4v) is 7.05. The van der Waals surface area contributed by atoms with Crippen molar-refractivity contribution in [2.45, 2.75) is 160 Å². The van der Waals surface area contributed by atoms with Crippen LogP contribution in [0.1, 0.15) is 141 Å². The average molecular weight is 810 g/mol. The number of carbonyl (C=O) groups is 5. The molecule has 0 saturated carbocycles. The van der Waals surface area contributed by atoms with E-state index in [0.717, 1.165) is 25.7 Å². The zero-order valence-corrected chi connectivity index (χ0v) is 37.7. The Morgan fingerprint density at radius 3 is 1.77 bits per heavy atom. The van der Waals surface area contributed by atoms with Crippen LogP contribution in [-0.4, -0.2) is 75.6 Å². The molecule has 292 valence electrons. The third-order valence-electron chi connectivity index (χ3n) is 9.85. The minimum absolute atomic E-state index is 0. The number of nitrogens with one attached hydrogen (secondary N) is 1. The van der Waals surface area contributed by atoms with Gasteiger partial charge in [0.15, 0.2) is 5.78 Å². The molecular formula is C38H64KN3O7S3. The topological polar surface area (TPSA) is 147 Å². The van der Waals surface area contributed by atoms with E-state index in [-0.39, 0.29) is 134 Å². The first-order valence-electron chi connectivity index (χ1n) is 18.6. The number of hydrogen-bond donors (Lipinski definition) is 2. The molecule has 0 radical (unpaired) electrons. The Hall–Kier alpha value is -0.744. The number of phenolic OH excluding ortho intramolecular Hbond substituents is 1. The Balaban J connectivity index is 0. The van der Waals surface area contributed by atoms with Gasteiger partial charge < -0.3 is 30.1 Å². The van der Waals surface area contributed by atoms with Crippen molar-refractivity contribution in [2.24, 2.45) is 0 Å². The van der Waals surface area contributed by atoms with Crippen LogP contribution in [0, 0.1) is 0 Å². The molecule has 52 heavy (non-hydrogen) atoms. The van der Waals surface area contributed by atoms with Crippen molar-refractivity contribution in [1.29, 1.82) is 0 Å². The van der Waals surface area contributed by atoms with E-state index in [9.17, 15) is 34.2 Å². The van der Waals surface area contributed by atoms with E-state index < -0.39 is 30.0 Å². The number of Topliss-reactive ketones (excluding diaryl/α,β-unsaturated/α-hetero) is 1. The van der Waals surface area contributed by atoms with Gasteiger partial charge in [0.25, 0.3) is 0 Å². The van der Waals surface area contributed by atoms with Gasteiger partial charge in [-0.1, -0.05) is 96.1 Å². The first-order valence-corrected chi connectivity index (χ1v) is 18.6. The number of hydrogen-bond acceptors (Lipinski definition) is 7. The molecule has 2 heterocycles. The van der Waals surface area contributed by atoms with Crippen LogP contribution in [0.5, 0.6) is 5.75 Å². The summed E-state index contributed by atoms with van der Waals surface area (Å²) in [6.07, 6.45) is 18.8. The smallest absolute Gasteiger partial charge is 0.548 e. The van der Waals surface area contributed by atoms with E-state index in [0.29, 0.717) is 44.3 Å². The minimum Gasteiger partial charge on any atom is -0.548 e. The third-order valence-corrected chi connectivity index (χ3v) is 9.85. The molecule has 10 nitrogen and oxygen atoms in total. The number of unbranched alkanes of at least 4 members (excludes halogenated alkanes) is 12. The molecule has 1 aromatic rings. The van der Waals surface area contributed by atoms with Gasteiger partial charge in [-0.15, -0.1) is 0 Å². The number of carbonyl (C=O) groups excluding carboxylic acids is 5. The predicted molar refractivity (Wildman–Crippen MR) is 214 cm³/mol. The van der Waals surface area contributed by atoms with Crippen LogP contribution in [0.2, 0.25) is 0 Å². The van der Waals surface area contributed by atoms with Gasteiger partial charge in [-0.05, 0) is 56.2 Å². The molecule has 0 unspecified atom stereocenters. The number of nitrogens with zero attached hydrogens (tertiary/aromatic N) is 2. The van der Waals surface area contributed by atoms with E-state index in [2.05, 4.69) is 12.2 Å². The van der Waals surface area contributed by atoms with Crippen LogP contribution in [0.25, 0.3) is 0 Å². The summed E-state index contributed by atoms with van der Waals surface area (Å²) in [4.78, 5) is 67.4. The second-order valence-electron chi connectivity index (χ2n) is 13.7. The Morgan fingerprint density at radius 1 is 0.731 bits per heavy atom. The van der Waals surface area contributed by atoms with Gasteiger partial charge >= 0.3 is 51.4 Å². The number of carboxylic acid groups (broad SMARTS) is 1. The number of likely N-dealkylation sites (tertiary alicyclic amines) is 2. The maximum absolute atomic E-state index is 13.6. The first-order chi connectivity index (χ1) is 23.2. The first kappa shape index (κ1) is 53.4. The average Bonchev–Trinajstić information content (AvgIpc) is 3.77. The van der Waals surface area contributed by atoms with Gasteiger partial charge in [0.1, 0.15) is 11.8 Å². The van der Waals surface area contributed by atoms with Gasteiger partial charge in [0.05, 0.1) is 18.1 Å². The summed E-state index contributed by atoms with van der Waals surface area (Å²) >= 11 is 0. The number of carboxylic acids is 1. The molecule has 2 aliphatic heterocycles. The monoisotopic (exact) mass is 809 g/mol. The van der Waals surface area contributed by atoms with Crippen LogP contribution in [0.3, 0.4) is 0 Å². The number of ketones is 1. The standard InChI is InChI=1S/C38H59N3O7.K.3H2S/c1-2-3-4-5-6-7-8-9-10-11-12-13-14-19-36(45)40-26-16-18-33(40)37(46)41-27-15-17-32(41)34(43)24-25-35(44)39-31(38(47)48)28-29-20-22-30(42)23-21-29;;;;/h20-23,31-33,42H,2-19,24-28H2,1H3,(H,39,44)(H,47,48);;3*1H2/q;+1;;;/p-1/t31-,32-,33-;;;;/m0..../s1. The zero-order chi connectivity index (χ0) is 34.7. The van der Waals surface area contributed by atoms with Crippen molar-refractivity contribution in [1.82, 2.24) is 15.1 Å². The molecular weight excluding hydrogens is 746 g/mol. The minimum atomic E-state index is -1.44. The number of amides is 3. The van der Waals surface area contributed by atoms with Crippen molar-refractivity contribution >= 4 is 70.0 Å². The summed E-state index contributed by atoms with van der Waals surface area (Å²) in [7, 11) is 0. The van der Waals surface area contributed by atoms with Crippen molar-refractivity contribution < 1.29 is 85.6 Å². The van der Waals surface area contributed by atoms with Gasteiger partial charge in [-0.3, -0.25) is 19.2 Å². The Labute approximate surface area is 375 Å². The fraction of sp³-hybridized carbons (Fsp3) is 0.711. The largest absolute Gasteiger partial charge is 1.00 e. The zero-order valence-electron chi connectivity index (χ0n) is 31.6. The summed E-state index contributed by atoms with van der Waals surface area (Å²) in [6, 6.07) is 3.51. The van der Waals surface area contributed by atoms with Crippen LogP contribution in [0.4, 0.5) is 0 Å². The van der Waals surface area contributed by atoms with E-state index in [1.807, 2.05) is 0 Å². The van der Waals surface area contributed by atoms with Crippen molar-refractivity contribution in [3.05, 3.63) is 29.8 Å². The molecule has 3 rings (SSSR count). The van der Waals surface area contributed by atoms with Gasteiger partial charge in [0, 0.05) is 32.4 Å². The van der Waals surface area contributed by atoms with Crippen LogP contribution in [-0.2, 0) is 30.4 Å². The molecule has 2 saturated heterocycles. The molecule has 2 N–H and O–H groups in total. The number of aliphatic carboxylic acids is 1. The summed E-state index contributed by atoms with van der Waals surface area (Å²) in [5, 5.41) is 23.5. The van der Waals surface area contributed by atoms with Crippen molar-refractivity contribution in [3.63, 3.8) is 0 Å². The van der Waals surface area contributed by atoms with E-state index in [1.165, 1.54) is 76.3 Å². The molecule has 0 aromatic heterocycles. The summed E-state index contributed by atoms with van der Waals surface area (Å²) in [5.74, 6) is -2.39. The Bertz CT molecular complexity index is 1190. The molecule has 2 fully saturated rings. The summed E-state index contributed by atoms with van der Waals surface area (Å²) in [6.45, 7) is 3.25. The normalized spacial score (nSPS) is 16.8. The second-order valence-corrected chi connectivity index (χ2v) is 13.7. The van der Waals surface area contributed by atoms with Crippen molar-refractivity contribution in [3.8, 4) is 5.75 Å². The second kappa shape index (κ2) is 30.5. The van der Waals surface area contributed by atoms with E-state index in [1.54, 1.807) is 21.9 Å². The SMILES string of the molecule is CCCCCCCCCCCCCCCC(=O)N1CCC[C@H]1C(=O)N1CCC[C@H]1C(=O)CCC(=O)N[C@@H](Cc1ccc(O)cc1)C(=O)[O-].S.S.S.[K+]. The van der Waals surface area contributed by atoms with Gasteiger partial charge in [-0.2, -0.15) is 40.5 Å². The predicted octanol–water partition coefficient (Wildman–Crippen LogP) is 2.32. The van der Waals surface area contributed by atoms with Crippen LogP contribution >= 0.6 is 40.5 Å². The maximum atomic E-state index is 13.6. The number of phenols is 1. The molecule has 0 spiro atoms. The van der Waals surface area contributed by atoms with Crippen molar-refractivity contribution in [2.75, 3.05) is 13.1 Å². The number of rotatable bonds is 23. The van der Waals surface area contributed by atoms with Gasteiger partial charge in [0.2, 0.25) is 17.7 Å². The molecule has 1 aromatic carbocycles. The molecule has 3 atom stereocenters. The van der Waals surface area contributed by atoms with Crippen LogP contribution < -0.4 is 61.8 Å². The Morgan fingerprint density at radius 2 is 1.23 bits per heavy atom. The van der Waals surface area contributed by atoms with E-state index >= 15 is 0 Å². The Kier molecular flexibility index (Phi) is 31.3. The van der Waals surface area contributed by atoms with E-state index in [4.69, 9.17) is 0 Å².